The fourth-order valence-electron chi connectivity index (χ4n) is 2.45. The van der Waals surface area contributed by atoms with E-state index in [4.69, 9.17) is 9.47 Å². The molecule has 0 aliphatic heterocycles. The van der Waals surface area contributed by atoms with Gasteiger partial charge in [-0.05, 0) is 30.5 Å². The number of nitrogens with one attached hydrogen (secondary N) is 1. The van der Waals surface area contributed by atoms with Crippen LogP contribution >= 0.6 is 0 Å². The Kier molecular flexibility index (Phi) is 10.7. The lowest BCUT2D eigenvalue weighted by Gasteiger charge is -2.12. The molecule has 0 aliphatic rings. The molecule has 0 aliphatic carbocycles. The van der Waals surface area contributed by atoms with Crippen LogP contribution in [0.1, 0.15) is 70.8 Å². The Morgan fingerprint density at radius 2 is 1.75 bits per heavy atom. The number of methoxy groups -OCH3 is 1. The van der Waals surface area contributed by atoms with Gasteiger partial charge in [0.15, 0.2) is 11.5 Å². The minimum Gasteiger partial charge on any atom is -0.493 e. The molecule has 0 bridgehead atoms. The third kappa shape index (κ3) is 8.23. The Bertz CT molecular complexity index is 474. The van der Waals surface area contributed by atoms with Crippen LogP contribution in [0.3, 0.4) is 0 Å². The summed E-state index contributed by atoms with van der Waals surface area (Å²) in [5.41, 5.74) is 1.02. The van der Waals surface area contributed by atoms with Crippen LogP contribution in [0.5, 0.6) is 11.5 Å². The molecule has 1 amide bonds. The van der Waals surface area contributed by atoms with Crippen LogP contribution in [0.4, 0.5) is 0 Å². The third-order valence-corrected chi connectivity index (χ3v) is 3.98. The van der Waals surface area contributed by atoms with Gasteiger partial charge in [-0.15, -0.1) is 0 Å². The van der Waals surface area contributed by atoms with Crippen molar-refractivity contribution in [2.75, 3.05) is 13.7 Å². The number of carbonyl (C=O) groups excluding carboxylic acids is 1. The molecule has 24 heavy (non-hydrogen) atoms. The number of hydrogen-bond donors (Lipinski definition) is 1. The van der Waals surface area contributed by atoms with Crippen LogP contribution in [0.25, 0.3) is 0 Å². The third-order valence-electron chi connectivity index (χ3n) is 3.98. The second-order valence-electron chi connectivity index (χ2n) is 6.13. The lowest BCUT2D eigenvalue weighted by molar-refractivity contribution is -0.121. The van der Waals surface area contributed by atoms with E-state index in [2.05, 4.69) is 19.2 Å². The highest BCUT2D eigenvalue weighted by atomic mass is 16.5. The first-order valence-corrected chi connectivity index (χ1v) is 9.27. The van der Waals surface area contributed by atoms with Crippen LogP contribution in [0, 0.1) is 0 Å². The number of amides is 1. The topological polar surface area (TPSA) is 47.6 Å². The van der Waals surface area contributed by atoms with Gasteiger partial charge in [0.05, 0.1) is 13.7 Å². The standard InChI is InChI=1S/C20H33NO3/c1-4-6-8-9-10-11-20(22)21-16-17-12-13-18(19(15-17)23-3)24-14-7-5-2/h12-13,15H,4-11,14,16H2,1-3H3,(H,21,22). The monoisotopic (exact) mass is 335 g/mol. The highest BCUT2D eigenvalue weighted by molar-refractivity contribution is 5.75. The number of rotatable bonds is 13. The van der Waals surface area contributed by atoms with Gasteiger partial charge in [0, 0.05) is 13.0 Å². The van der Waals surface area contributed by atoms with Crippen LogP contribution < -0.4 is 14.8 Å². The van der Waals surface area contributed by atoms with E-state index in [0.717, 1.165) is 42.7 Å². The maximum Gasteiger partial charge on any atom is 0.220 e. The Labute approximate surface area is 146 Å². The average molecular weight is 335 g/mol. The molecule has 0 saturated carbocycles. The molecule has 0 radical (unpaired) electrons. The van der Waals surface area contributed by atoms with Crippen LogP contribution in [0.2, 0.25) is 0 Å². The maximum absolute atomic E-state index is 11.9. The van der Waals surface area contributed by atoms with Crippen molar-refractivity contribution >= 4 is 5.91 Å². The molecule has 1 rings (SSSR count). The van der Waals surface area contributed by atoms with Crippen molar-refractivity contribution in [3.63, 3.8) is 0 Å². The summed E-state index contributed by atoms with van der Waals surface area (Å²) >= 11 is 0. The van der Waals surface area contributed by atoms with E-state index >= 15 is 0 Å². The van der Waals surface area contributed by atoms with Gasteiger partial charge in [0.25, 0.3) is 0 Å². The number of unbranched alkanes of at least 4 members (excludes halogenated alkanes) is 5. The number of hydrogen-bond acceptors (Lipinski definition) is 3. The van der Waals surface area contributed by atoms with Crippen molar-refractivity contribution in [3.05, 3.63) is 23.8 Å². The molecule has 0 aromatic heterocycles. The van der Waals surface area contributed by atoms with Gasteiger partial charge in [-0.3, -0.25) is 4.79 Å². The summed E-state index contributed by atoms with van der Waals surface area (Å²) in [5, 5.41) is 2.98. The summed E-state index contributed by atoms with van der Waals surface area (Å²) in [7, 11) is 1.64. The molecule has 0 fully saturated rings. The second-order valence-corrected chi connectivity index (χ2v) is 6.13. The van der Waals surface area contributed by atoms with Gasteiger partial charge in [-0.2, -0.15) is 0 Å². The van der Waals surface area contributed by atoms with Gasteiger partial charge in [0.2, 0.25) is 5.91 Å². The molecular weight excluding hydrogens is 302 g/mol. The Balaban J connectivity index is 2.37. The first-order valence-electron chi connectivity index (χ1n) is 9.27. The quantitative estimate of drug-likeness (QED) is 0.524. The zero-order valence-corrected chi connectivity index (χ0v) is 15.5. The first-order chi connectivity index (χ1) is 11.7. The zero-order valence-electron chi connectivity index (χ0n) is 15.5. The highest BCUT2D eigenvalue weighted by Crippen LogP contribution is 2.28. The summed E-state index contributed by atoms with van der Waals surface area (Å²) in [5.74, 6) is 1.60. The molecule has 4 heteroatoms. The predicted octanol–water partition coefficient (Wildman–Crippen LogP) is 4.85. The van der Waals surface area contributed by atoms with E-state index in [1.807, 2.05) is 18.2 Å². The molecule has 4 nitrogen and oxygen atoms in total. The number of benzene rings is 1. The lowest BCUT2D eigenvalue weighted by Crippen LogP contribution is -2.22. The van der Waals surface area contributed by atoms with Crippen LogP contribution in [-0.2, 0) is 11.3 Å². The van der Waals surface area contributed by atoms with Crippen molar-refractivity contribution in [2.24, 2.45) is 0 Å². The van der Waals surface area contributed by atoms with Crippen molar-refractivity contribution in [3.8, 4) is 11.5 Å². The van der Waals surface area contributed by atoms with E-state index in [0.29, 0.717) is 19.6 Å². The molecule has 1 aromatic rings. The molecule has 1 aromatic carbocycles. The molecule has 1 N–H and O–H groups in total. The summed E-state index contributed by atoms with van der Waals surface area (Å²) < 4.78 is 11.1. The molecule has 0 heterocycles. The van der Waals surface area contributed by atoms with Gasteiger partial charge in [-0.1, -0.05) is 52.0 Å². The molecule has 0 atom stereocenters. The van der Waals surface area contributed by atoms with Gasteiger partial charge in [-0.25, -0.2) is 0 Å². The van der Waals surface area contributed by atoms with E-state index in [-0.39, 0.29) is 5.91 Å². The summed E-state index contributed by atoms with van der Waals surface area (Å²) in [6.45, 7) is 5.55. The van der Waals surface area contributed by atoms with Gasteiger partial charge >= 0.3 is 0 Å². The van der Waals surface area contributed by atoms with Crippen molar-refractivity contribution in [1.29, 1.82) is 0 Å². The smallest absolute Gasteiger partial charge is 0.220 e. The van der Waals surface area contributed by atoms with E-state index in [1.165, 1.54) is 19.3 Å². The van der Waals surface area contributed by atoms with Crippen molar-refractivity contribution in [2.45, 2.75) is 71.8 Å². The summed E-state index contributed by atoms with van der Waals surface area (Å²) in [6.07, 6.45) is 8.56. The first kappa shape index (κ1) is 20.3. The minimum absolute atomic E-state index is 0.119. The Morgan fingerprint density at radius 1 is 1.00 bits per heavy atom. The van der Waals surface area contributed by atoms with Gasteiger partial charge < -0.3 is 14.8 Å². The lowest BCUT2D eigenvalue weighted by atomic mass is 10.1. The molecule has 0 saturated heterocycles. The Morgan fingerprint density at radius 3 is 2.46 bits per heavy atom. The molecular formula is C20H33NO3. The predicted molar refractivity (Wildman–Crippen MR) is 98.6 cm³/mol. The Hall–Kier alpha value is -1.71. The highest BCUT2D eigenvalue weighted by Gasteiger charge is 2.07. The largest absolute Gasteiger partial charge is 0.493 e. The number of carbonyl (C=O) groups is 1. The maximum atomic E-state index is 11.9. The fraction of sp³-hybridized carbons (Fsp3) is 0.650. The summed E-state index contributed by atoms with van der Waals surface area (Å²) in [6, 6.07) is 5.83. The van der Waals surface area contributed by atoms with Crippen molar-refractivity contribution in [1.82, 2.24) is 5.32 Å². The van der Waals surface area contributed by atoms with Gasteiger partial charge in [0.1, 0.15) is 0 Å². The summed E-state index contributed by atoms with van der Waals surface area (Å²) in [4.78, 5) is 11.9. The van der Waals surface area contributed by atoms with Crippen LogP contribution in [-0.4, -0.2) is 19.6 Å². The SMILES string of the molecule is CCCCCCCC(=O)NCc1ccc(OCCCC)c(OC)c1. The van der Waals surface area contributed by atoms with Crippen molar-refractivity contribution < 1.29 is 14.3 Å². The number of ether oxygens (including phenoxy) is 2. The van der Waals surface area contributed by atoms with Crippen LogP contribution in [0.15, 0.2) is 18.2 Å². The average Bonchev–Trinajstić information content (AvgIpc) is 2.60. The van der Waals surface area contributed by atoms with E-state index < -0.39 is 0 Å². The fourth-order valence-corrected chi connectivity index (χ4v) is 2.45. The van der Waals surface area contributed by atoms with E-state index in [9.17, 15) is 4.79 Å². The second kappa shape index (κ2) is 12.7. The molecule has 0 spiro atoms. The molecule has 0 unspecified atom stereocenters. The normalized spacial score (nSPS) is 10.5. The zero-order chi connectivity index (χ0) is 17.6. The van der Waals surface area contributed by atoms with E-state index in [1.54, 1.807) is 7.11 Å². The minimum atomic E-state index is 0.119. The molecule has 136 valence electrons.